The number of nitro groups is 1. The van der Waals surface area contributed by atoms with Crippen LogP contribution in [0.3, 0.4) is 0 Å². The molecule has 1 saturated heterocycles. The molecule has 0 aromatic heterocycles. The molecule has 2 rings (SSSR count). The highest BCUT2D eigenvalue weighted by Gasteiger charge is 2.26. The fourth-order valence-corrected chi connectivity index (χ4v) is 2.84. The van der Waals surface area contributed by atoms with E-state index in [2.05, 4.69) is 11.8 Å². The number of hydrogen-bond acceptors (Lipinski definition) is 4. The number of likely N-dealkylation sites (N-methyl/N-ethyl adjacent to an activating group) is 1. The Morgan fingerprint density at radius 2 is 1.95 bits per heavy atom. The first kappa shape index (κ1) is 14.1. The maximum absolute atomic E-state index is 11.2. The second-order valence-electron chi connectivity index (χ2n) is 4.79. The fourth-order valence-electron chi connectivity index (χ4n) is 2.46. The minimum Gasteiger partial charge on any atom is -0.362 e. The zero-order valence-electron chi connectivity index (χ0n) is 11.2. The molecule has 0 N–H and O–H groups in total. The zero-order chi connectivity index (χ0) is 14.0. The van der Waals surface area contributed by atoms with E-state index in [4.69, 9.17) is 11.6 Å². The molecule has 1 heterocycles. The van der Waals surface area contributed by atoms with Crippen LogP contribution in [0.5, 0.6) is 0 Å². The molecule has 1 aliphatic rings. The standard InChI is InChI=1S/C13H18ClN3O2/c1-3-15-4-6-16(7-5-15)13-11(14)8-10(2)9-12(13)17(18)19/h8-9H,3-7H2,1-2H3. The van der Waals surface area contributed by atoms with Crippen molar-refractivity contribution >= 4 is 23.0 Å². The average molecular weight is 284 g/mol. The fraction of sp³-hybridized carbons (Fsp3) is 0.538. The third-order valence-electron chi connectivity index (χ3n) is 3.52. The number of benzene rings is 1. The highest BCUT2D eigenvalue weighted by molar-refractivity contribution is 6.34. The summed E-state index contributed by atoms with van der Waals surface area (Å²) < 4.78 is 0. The van der Waals surface area contributed by atoms with E-state index < -0.39 is 0 Å². The normalized spacial score (nSPS) is 16.7. The van der Waals surface area contributed by atoms with Gasteiger partial charge in [-0.15, -0.1) is 0 Å². The van der Waals surface area contributed by atoms with Crippen LogP contribution < -0.4 is 4.90 Å². The lowest BCUT2D eigenvalue weighted by Gasteiger charge is -2.35. The molecule has 0 amide bonds. The molecule has 1 aliphatic heterocycles. The van der Waals surface area contributed by atoms with Gasteiger partial charge in [0.1, 0.15) is 5.69 Å². The van der Waals surface area contributed by atoms with Gasteiger partial charge in [-0.05, 0) is 25.1 Å². The van der Waals surface area contributed by atoms with Crippen molar-refractivity contribution in [3.8, 4) is 0 Å². The Labute approximate surface area is 117 Å². The Morgan fingerprint density at radius 3 is 2.47 bits per heavy atom. The van der Waals surface area contributed by atoms with Crippen LogP contribution in [0.4, 0.5) is 11.4 Å². The summed E-state index contributed by atoms with van der Waals surface area (Å²) in [6.07, 6.45) is 0. The topological polar surface area (TPSA) is 49.6 Å². The van der Waals surface area contributed by atoms with Gasteiger partial charge >= 0.3 is 0 Å². The molecule has 19 heavy (non-hydrogen) atoms. The van der Waals surface area contributed by atoms with E-state index in [0.717, 1.165) is 38.3 Å². The van der Waals surface area contributed by atoms with E-state index in [1.54, 1.807) is 12.1 Å². The summed E-state index contributed by atoms with van der Waals surface area (Å²) in [6.45, 7) is 8.33. The van der Waals surface area contributed by atoms with Crippen molar-refractivity contribution in [1.29, 1.82) is 0 Å². The molecule has 6 heteroatoms. The third kappa shape index (κ3) is 2.98. The van der Waals surface area contributed by atoms with Gasteiger partial charge in [0.05, 0.1) is 9.95 Å². The van der Waals surface area contributed by atoms with Crippen molar-refractivity contribution in [2.45, 2.75) is 13.8 Å². The molecule has 0 atom stereocenters. The summed E-state index contributed by atoms with van der Waals surface area (Å²) in [5, 5.41) is 11.7. The quantitative estimate of drug-likeness (QED) is 0.632. The summed E-state index contributed by atoms with van der Waals surface area (Å²) in [5.74, 6) is 0. The molecule has 1 aromatic rings. The van der Waals surface area contributed by atoms with Crippen LogP contribution in [-0.2, 0) is 0 Å². The van der Waals surface area contributed by atoms with E-state index in [1.807, 2.05) is 11.8 Å². The van der Waals surface area contributed by atoms with E-state index in [9.17, 15) is 10.1 Å². The van der Waals surface area contributed by atoms with Crippen LogP contribution in [-0.4, -0.2) is 42.5 Å². The Morgan fingerprint density at radius 1 is 1.32 bits per heavy atom. The lowest BCUT2D eigenvalue weighted by atomic mass is 10.1. The summed E-state index contributed by atoms with van der Waals surface area (Å²) >= 11 is 6.22. The first-order chi connectivity index (χ1) is 9.02. The molecular formula is C13H18ClN3O2. The van der Waals surface area contributed by atoms with Gasteiger partial charge < -0.3 is 9.80 Å². The number of rotatable bonds is 3. The maximum atomic E-state index is 11.2. The zero-order valence-corrected chi connectivity index (χ0v) is 12.0. The monoisotopic (exact) mass is 283 g/mol. The van der Waals surface area contributed by atoms with E-state index in [1.165, 1.54) is 0 Å². The van der Waals surface area contributed by atoms with E-state index in [-0.39, 0.29) is 10.6 Å². The minimum absolute atomic E-state index is 0.106. The SMILES string of the molecule is CCN1CCN(c2c(Cl)cc(C)cc2[N+](=O)[O-])CC1. The molecule has 0 saturated carbocycles. The van der Waals surface area contributed by atoms with E-state index >= 15 is 0 Å². The van der Waals surface area contributed by atoms with Crippen LogP contribution in [0.25, 0.3) is 0 Å². The van der Waals surface area contributed by atoms with Crippen molar-refractivity contribution < 1.29 is 4.92 Å². The Balaban J connectivity index is 2.32. The maximum Gasteiger partial charge on any atom is 0.294 e. The van der Waals surface area contributed by atoms with Crippen LogP contribution in [0.15, 0.2) is 12.1 Å². The summed E-state index contributed by atoms with van der Waals surface area (Å²) in [4.78, 5) is 15.2. The number of anilines is 1. The largest absolute Gasteiger partial charge is 0.362 e. The summed E-state index contributed by atoms with van der Waals surface area (Å²) in [5.41, 5.74) is 1.48. The average Bonchev–Trinajstić information content (AvgIpc) is 2.38. The van der Waals surface area contributed by atoms with Gasteiger partial charge in [-0.2, -0.15) is 0 Å². The number of piperazine rings is 1. The lowest BCUT2D eigenvalue weighted by molar-refractivity contribution is -0.384. The predicted octanol–water partition coefficient (Wildman–Crippen LogP) is 2.70. The number of nitro benzene ring substituents is 1. The second kappa shape index (κ2) is 5.75. The van der Waals surface area contributed by atoms with Gasteiger partial charge in [-0.3, -0.25) is 10.1 Å². The first-order valence-electron chi connectivity index (χ1n) is 6.44. The Bertz CT molecular complexity index is 485. The van der Waals surface area contributed by atoms with Crippen molar-refractivity contribution in [1.82, 2.24) is 4.90 Å². The molecule has 104 valence electrons. The number of hydrogen-bond donors (Lipinski definition) is 0. The van der Waals surface area contributed by atoms with Gasteiger partial charge in [-0.1, -0.05) is 18.5 Å². The Kier molecular flexibility index (Phi) is 4.27. The lowest BCUT2D eigenvalue weighted by Crippen LogP contribution is -2.46. The van der Waals surface area contributed by atoms with Gasteiger partial charge in [0.25, 0.3) is 5.69 Å². The molecule has 0 aliphatic carbocycles. The molecule has 0 unspecified atom stereocenters. The molecule has 1 fully saturated rings. The smallest absolute Gasteiger partial charge is 0.294 e. The van der Waals surface area contributed by atoms with Gasteiger partial charge in [-0.25, -0.2) is 0 Å². The van der Waals surface area contributed by atoms with Crippen LogP contribution >= 0.6 is 11.6 Å². The van der Waals surface area contributed by atoms with Crippen molar-refractivity contribution in [2.75, 3.05) is 37.6 Å². The van der Waals surface area contributed by atoms with Crippen molar-refractivity contribution in [3.63, 3.8) is 0 Å². The van der Waals surface area contributed by atoms with Crippen LogP contribution in [0.1, 0.15) is 12.5 Å². The van der Waals surface area contributed by atoms with Gasteiger partial charge in [0.15, 0.2) is 0 Å². The second-order valence-corrected chi connectivity index (χ2v) is 5.20. The van der Waals surface area contributed by atoms with Crippen LogP contribution in [0, 0.1) is 17.0 Å². The van der Waals surface area contributed by atoms with Crippen molar-refractivity contribution in [3.05, 3.63) is 32.8 Å². The summed E-state index contributed by atoms with van der Waals surface area (Å²) in [6, 6.07) is 3.38. The van der Waals surface area contributed by atoms with Gasteiger partial charge in [0.2, 0.25) is 0 Å². The van der Waals surface area contributed by atoms with Crippen LogP contribution in [0.2, 0.25) is 5.02 Å². The van der Waals surface area contributed by atoms with E-state index in [0.29, 0.717) is 10.7 Å². The number of nitrogens with zero attached hydrogens (tertiary/aromatic N) is 3. The first-order valence-corrected chi connectivity index (χ1v) is 6.82. The molecule has 0 bridgehead atoms. The minimum atomic E-state index is -0.347. The highest BCUT2D eigenvalue weighted by Crippen LogP contribution is 2.37. The molecule has 5 nitrogen and oxygen atoms in total. The molecule has 0 radical (unpaired) electrons. The molecule has 0 spiro atoms. The summed E-state index contributed by atoms with van der Waals surface area (Å²) in [7, 11) is 0. The predicted molar refractivity (Wildman–Crippen MR) is 77.2 cm³/mol. The molecule has 1 aromatic carbocycles. The van der Waals surface area contributed by atoms with Gasteiger partial charge in [0, 0.05) is 32.2 Å². The molecular weight excluding hydrogens is 266 g/mol. The number of aryl methyl sites for hydroxylation is 1. The highest BCUT2D eigenvalue weighted by atomic mass is 35.5. The third-order valence-corrected chi connectivity index (χ3v) is 3.81. The van der Waals surface area contributed by atoms with Crippen molar-refractivity contribution in [2.24, 2.45) is 0 Å². The number of halogens is 1. The Hall–Kier alpha value is -1.33.